The summed E-state index contributed by atoms with van der Waals surface area (Å²) in [5.41, 5.74) is 3.86. The van der Waals surface area contributed by atoms with E-state index in [1.165, 1.54) is 5.69 Å². The highest BCUT2D eigenvalue weighted by Gasteiger charge is 2.20. The summed E-state index contributed by atoms with van der Waals surface area (Å²) in [6.07, 6.45) is 1.54. The van der Waals surface area contributed by atoms with Crippen molar-refractivity contribution in [3.63, 3.8) is 0 Å². The van der Waals surface area contributed by atoms with Crippen molar-refractivity contribution in [2.75, 3.05) is 37.7 Å². The van der Waals surface area contributed by atoms with Crippen molar-refractivity contribution in [2.24, 2.45) is 0 Å². The zero-order valence-corrected chi connectivity index (χ0v) is 17.5. The molecule has 2 heterocycles. The molecule has 4 rings (SSSR count). The van der Waals surface area contributed by atoms with E-state index >= 15 is 0 Å². The maximum Gasteiger partial charge on any atom is 0.251 e. The van der Waals surface area contributed by atoms with Crippen molar-refractivity contribution in [1.29, 1.82) is 0 Å². The third kappa shape index (κ3) is 4.82. The lowest BCUT2D eigenvalue weighted by molar-refractivity contribution is -0.128. The number of rotatable bonds is 6. The molecule has 0 aliphatic carbocycles. The molecule has 1 N–H and O–H groups in total. The van der Waals surface area contributed by atoms with Gasteiger partial charge in [-0.3, -0.25) is 9.59 Å². The predicted octanol–water partition coefficient (Wildman–Crippen LogP) is 3.14. The second-order valence-corrected chi connectivity index (χ2v) is 8.01. The number of amides is 2. The number of morpholine rings is 1. The minimum atomic E-state index is -0.102. The Labute approximate surface area is 177 Å². The number of hydrogen-bond donors (Lipinski definition) is 1. The Morgan fingerprint density at radius 2 is 1.87 bits per heavy atom. The van der Waals surface area contributed by atoms with Crippen LogP contribution in [0.4, 0.5) is 5.69 Å². The van der Waals surface area contributed by atoms with Crippen molar-refractivity contribution in [3.8, 4) is 0 Å². The van der Waals surface area contributed by atoms with Crippen LogP contribution in [0.15, 0.2) is 48.5 Å². The molecular formula is C24H29N3O3. The number of carbonyl (C=O) groups excluding carboxylic acids is 2. The number of nitrogens with one attached hydrogen (secondary N) is 1. The van der Waals surface area contributed by atoms with Crippen LogP contribution in [0.3, 0.4) is 0 Å². The van der Waals surface area contributed by atoms with E-state index < -0.39 is 0 Å². The van der Waals surface area contributed by atoms with Crippen LogP contribution in [0.5, 0.6) is 0 Å². The lowest BCUT2D eigenvalue weighted by atomic mass is 10.1. The van der Waals surface area contributed by atoms with E-state index in [1.807, 2.05) is 36.1 Å². The number of hydrogen-bond acceptors (Lipinski definition) is 4. The van der Waals surface area contributed by atoms with E-state index in [1.54, 1.807) is 0 Å². The fraction of sp³-hybridized carbons (Fsp3) is 0.417. The first kappa shape index (κ1) is 20.4. The first-order valence-corrected chi connectivity index (χ1v) is 10.7. The standard InChI is InChI=1S/C24H29N3O3/c1-18(20-7-9-22(10-8-20)26-12-14-30-15-13-26)25-24(29)21-5-2-4-19(16-21)17-27-11-3-6-23(27)28/h2,4-5,7-10,16,18H,3,6,11-15,17H2,1H3,(H,25,29)/t18-/m1/s1. The summed E-state index contributed by atoms with van der Waals surface area (Å²) in [6, 6.07) is 15.8. The number of nitrogens with zero attached hydrogens (tertiary/aromatic N) is 2. The molecule has 2 aromatic carbocycles. The largest absolute Gasteiger partial charge is 0.378 e. The van der Waals surface area contributed by atoms with Crippen molar-refractivity contribution >= 4 is 17.5 Å². The lowest BCUT2D eigenvalue weighted by Crippen LogP contribution is -2.36. The molecule has 6 heteroatoms. The minimum absolute atomic E-state index is 0.0972. The Bertz CT molecular complexity index is 891. The molecule has 0 unspecified atom stereocenters. The number of benzene rings is 2. The minimum Gasteiger partial charge on any atom is -0.378 e. The fourth-order valence-electron chi connectivity index (χ4n) is 4.06. The highest BCUT2D eigenvalue weighted by molar-refractivity contribution is 5.94. The van der Waals surface area contributed by atoms with E-state index in [4.69, 9.17) is 4.74 Å². The summed E-state index contributed by atoms with van der Waals surface area (Å²) in [5, 5.41) is 3.09. The van der Waals surface area contributed by atoms with Crippen LogP contribution in [0.1, 0.15) is 47.3 Å². The molecule has 0 spiro atoms. The van der Waals surface area contributed by atoms with E-state index in [2.05, 4.69) is 34.5 Å². The SMILES string of the molecule is C[C@@H](NC(=O)c1cccc(CN2CCCC2=O)c1)c1ccc(N2CCOCC2)cc1. The van der Waals surface area contributed by atoms with Gasteiger partial charge in [-0.15, -0.1) is 0 Å². The van der Waals surface area contributed by atoms with Gasteiger partial charge in [-0.2, -0.15) is 0 Å². The normalized spacial score (nSPS) is 17.8. The highest BCUT2D eigenvalue weighted by Crippen LogP contribution is 2.21. The molecule has 2 aliphatic heterocycles. The average molecular weight is 408 g/mol. The fourth-order valence-corrected chi connectivity index (χ4v) is 4.06. The van der Waals surface area contributed by atoms with E-state index in [-0.39, 0.29) is 17.9 Å². The molecule has 0 aromatic heterocycles. The van der Waals surface area contributed by atoms with Gasteiger partial charge in [0.1, 0.15) is 0 Å². The molecule has 2 aromatic rings. The van der Waals surface area contributed by atoms with E-state index in [0.717, 1.165) is 50.4 Å². The van der Waals surface area contributed by atoms with Gasteiger partial charge < -0.3 is 19.9 Å². The van der Waals surface area contributed by atoms with Crippen LogP contribution in [-0.4, -0.2) is 49.6 Å². The summed E-state index contributed by atoms with van der Waals surface area (Å²) in [7, 11) is 0. The Morgan fingerprint density at radius 3 is 2.57 bits per heavy atom. The molecule has 0 bridgehead atoms. The van der Waals surface area contributed by atoms with Crippen LogP contribution in [0.2, 0.25) is 0 Å². The van der Waals surface area contributed by atoms with Crippen molar-refractivity contribution in [1.82, 2.24) is 10.2 Å². The van der Waals surface area contributed by atoms with Gasteiger partial charge in [-0.1, -0.05) is 24.3 Å². The smallest absolute Gasteiger partial charge is 0.251 e. The predicted molar refractivity (Wildman–Crippen MR) is 116 cm³/mol. The molecule has 30 heavy (non-hydrogen) atoms. The monoisotopic (exact) mass is 407 g/mol. The third-order valence-electron chi connectivity index (χ3n) is 5.85. The Balaban J connectivity index is 1.37. The van der Waals surface area contributed by atoms with Gasteiger partial charge in [0, 0.05) is 43.9 Å². The molecule has 158 valence electrons. The zero-order chi connectivity index (χ0) is 20.9. The molecule has 2 fully saturated rings. The summed E-state index contributed by atoms with van der Waals surface area (Å²) >= 11 is 0. The summed E-state index contributed by atoms with van der Waals surface area (Å²) < 4.78 is 5.41. The number of carbonyl (C=O) groups is 2. The summed E-state index contributed by atoms with van der Waals surface area (Å²) in [6.45, 7) is 6.70. The van der Waals surface area contributed by atoms with Gasteiger partial charge in [-0.05, 0) is 48.7 Å². The van der Waals surface area contributed by atoms with Crippen LogP contribution in [-0.2, 0) is 16.1 Å². The van der Waals surface area contributed by atoms with Gasteiger partial charge in [0.2, 0.25) is 5.91 Å². The molecular weight excluding hydrogens is 378 g/mol. The van der Waals surface area contributed by atoms with Crippen LogP contribution in [0, 0.1) is 0 Å². The van der Waals surface area contributed by atoms with Crippen LogP contribution >= 0.6 is 0 Å². The van der Waals surface area contributed by atoms with Crippen LogP contribution in [0.25, 0.3) is 0 Å². The zero-order valence-electron chi connectivity index (χ0n) is 17.5. The maximum atomic E-state index is 12.8. The van der Waals surface area contributed by atoms with Gasteiger partial charge in [-0.25, -0.2) is 0 Å². The first-order valence-electron chi connectivity index (χ1n) is 10.7. The molecule has 0 radical (unpaired) electrons. The van der Waals surface area contributed by atoms with Crippen molar-refractivity contribution in [2.45, 2.75) is 32.4 Å². The Hall–Kier alpha value is -2.86. The first-order chi connectivity index (χ1) is 14.6. The maximum absolute atomic E-state index is 12.8. The number of anilines is 1. The second-order valence-electron chi connectivity index (χ2n) is 8.01. The lowest BCUT2D eigenvalue weighted by Gasteiger charge is -2.29. The third-order valence-corrected chi connectivity index (χ3v) is 5.85. The Morgan fingerprint density at radius 1 is 1.10 bits per heavy atom. The number of ether oxygens (including phenoxy) is 1. The highest BCUT2D eigenvalue weighted by atomic mass is 16.5. The van der Waals surface area contributed by atoms with Crippen molar-refractivity contribution < 1.29 is 14.3 Å². The van der Waals surface area contributed by atoms with Gasteiger partial charge in [0.25, 0.3) is 5.91 Å². The van der Waals surface area contributed by atoms with E-state index in [9.17, 15) is 9.59 Å². The van der Waals surface area contributed by atoms with Gasteiger partial charge in [0.15, 0.2) is 0 Å². The summed E-state index contributed by atoms with van der Waals surface area (Å²) in [4.78, 5) is 28.8. The molecule has 1 atom stereocenters. The summed E-state index contributed by atoms with van der Waals surface area (Å²) in [5.74, 6) is 0.0911. The van der Waals surface area contributed by atoms with Gasteiger partial charge >= 0.3 is 0 Å². The molecule has 2 saturated heterocycles. The average Bonchev–Trinajstić information content (AvgIpc) is 3.19. The second kappa shape index (κ2) is 9.30. The Kier molecular flexibility index (Phi) is 6.33. The topological polar surface area (TPSA) is 61.9 Å². The number of likely N-dealkylation sites (tertiary alicyclic amines) is 1. The molecule has 2 amide bonds. The van der Waals surface area contributed by atoms with Gasteiger partial charge in [0.05, 0.1) is 19.3 Å². The molecule has 6 nitrogen and oxygen atoms in total. The van der Waals surface area contributed by atoms with Crippen molar-refractivity contribution in [3.05, 3.63) is 65.2 Å². The molecule has 2 aliphatic rings. The molecule has 0 saturated carbocycles. The van der Waals surface area contributed by atoms with Crippen LogP contribution < -0.4 is 10.2 Å². The quantitative estimate of drug-likeness (QED) is 0.799. The van der Waals surface area contributed by atoms with E-state index in [0.29, 0.717) is 18.5 Å².